The fourth-order valence-corrected chi connectivity index (χ4v) is 1.73. The zero-order chi connectivity index (χ0) is 12.7. The molecular weight excluding hydrogens is 236 g/mol. The summed E-state index contributed by atoms with van der Waals surface area (Å²) < 4.78 is 0. The summed E-state index contributed by atoms with van der Waals surface area (Å²) in [7, 11) is 0. The van der Waals surface area contributed by atoms with Gasteiger partial charge in [0.1, 0.15) is 12.4 Å². The minimum absolute atomic E-state index is 0.442. The van der Waals surface area contributed by atoms with E-state index in [1.165, 1.54) is 6.08 Å². The predicted octanol–water partition coefficient (Wildman–Crippen LogP) is 1.61. The highest BCUT2D eigenvalue weighted by Gasteiger charge is 2.16. The van der Waals surface area contributed by atoms with Crippen LogP contribution in [0.15, 0.2) is 30.3 Å². The molecule has 2 unspecified atom stereocenters. The number of benzene rings is 1. The van der Waals surface area contributed by atoms with Crippen molar-refractivity contribution < 1.29 is 15.0 Å². The molecule has 0 saturated carbocycles. The molecule has 0 aliphatic carbocycles. The summed E-state index contributed by atoms with van der Waals surface area (Å²) >= 11 is 4.01. The molecule has 17 heavy (non-hydrogen) atoms. The van der Waals surface area contributed by atoms with Crippen molar-refractivity contribution in [3.8, 4) is 0 Å². The third-order valence-corrected chi connectivity index (χ3v) is 2.69. The van der Waals surface area contributed by atoms with Crippen LogP contribution in [0.4, 0.5) is 0 Å². The molecule has 4 heteroatoms. The van der Waals surface area contributed by atoms with Crippen LogP contribution in [0.2, 0.25) is 0 Å². The molecular formula is C13H16O3S. The topological polar surface area (TPSA) is 57.5 Å². The van der Waals surface area contributed by atoms with Crippen LogP contribution >= 0.6 is 12.6 Å². The second kappa shape index (κ2) is 7.27. The maximum atomic E-state index is 10.1. The van der Waals surface area contributed by atoms with E-state index in [9.17, 15) is 15.0 Å². The van der Waals surface area contributed by atoms with E-state index in [0.717, 1.165) is 5.56 Å². The average molecular weight is 252 g/mol. The van der Waals surface area contributed by atoms with Crippen molar-refractivity contribution in [3.63, 3.8) is 0 Å². The molecule has 0 heterocycles. The first-order valence-electron chi connectivity index (χ1n) is 5.38. The molecule has 0 amide bonds. The number of carbonyl (C=O) groups is 1. The Bertz CT molecular complexity index is 373. The van der Waals surface area contributed by atoms with Crippen molar-refractivity contribution in [3.05, 3.63) is 41.5 Å². The maximum absolute atomic E-state index is 10.1. The summed E-state index contributed by atoms with van der Waals surface area (Å²) in [4.78, 5) is 10.1. The molecule has 0 aliphatic rings. The molecule has 0 bridgehead atoms. The molecule has 1 aromatic carbocycles. The van der Waals surface area contributed by atoms with Gasteiger partial charge < -0.3 is 10.2 Å². The lowest BCUT2D eigenvalue weighted by molar-refractivity contribution is -0.104. The standard InChI is InChI=1S/C13H16O3S/c14-8-1-2-10-3-5-11(6-4-10)13(16)12(15)7-9-17/h1-6,8,12-13,15-17H,7,9H2/b2-1+. The van der Waals surface area contributed by atoms with E-state index in [-0.39, 0.29) is 0 Å². The molecule has 1 aromatic rings. The number of aliphatic hydroxyl groups is 2. The second-order valence-electron chi connectivity index (χ2n) is 3.69. The lowest BCUT2D eigenvalue weighted by Crippen LogP contribution is -2.18. The van der Waals surface area contributed by atoms with Crippen molar-refractivity contribution in [2.24, 2.45) is 0 Å². The summed E-state index contributed by atoms with van der Waals surface area (Å²) in [6.45, 7) is 0. The fourth-order valence-electron chi connectivity index (χ4n) is 1.47. The van der Waals surface area contributed by atoms with E-state index in [1.807, 2.05) is 0 Å². The normalized spacial score (nSPS) is 14.8. The van der Waals surface area contributed by atoms with Crippen LogP contribution in [0.5, 0.6) is 0 Å². The highest BCUT2D eigenvalue weighted by atomic mass is 32.1. The van der Waals surface area contributed by atoms with E-state index in [0.29, 0.717) is 24.0 Å². The number of aldehydes is 1. The fraction of sp³-hybridized carbons (Fsp3) is 0.308. The first-order chi connectivity index (χ1) is 8.19. The van der Waals surface area contributed by atoms with Crippen LogP contribution in [0.25, 0.3) is 6.08 Å². The summed E-state index contributed by atoms with van der Waals surface area (Å²) in [5.74, 6) is 0.526. The Balaban J connectivity index is 2.72. The van der Waals surface area contributed by atoms with Gasteiger partial charge in [-0.1, -0.05) is 30.3 Å². The quantitative estimate of drug-likeness (QED) is 0.409. The number of hydrogen-bond acceptors (Lipinski definition) is 4. The number of allylic oxidation sites excluding steroid dienone is 1. The van der Waals surface area contributed by atoms with Gasteiger partial charge in [0.15, 0.2) is 0 Å². The van der Waals surface area contributed by atoms with Crippen LogP contribution < -0.4 is 0 Å². The zero-order valence-corrected chi connectivity index (χ0v) is 10.3. The summed E-state index contributed by atoms with van der Waals surface area (Å²) in [6, 6.07) is 7.03. The van der Waals surface area contributed by atoms with E-state index < -0.39 is 12.2 Å². The Hall–Kier alpha value is -1.10. The first-order valence-corrected chi connectivity index (χ1v) is 6.01. The van der Waals surface area contributed by atoms with Crippen LogP contribution in [0, 0.1) is 0 Å². The van der Waals surface area contributed by atoms with Crippen molar-refractivity contribution in [2.45, 2.75) is 18.6 Å². The number of rotatable bonds is 6. The van der Waals surface area contributed by atoms with Crippen molar-refractivity contribution in [1.82, 2.24) is 0 Å². The highest BCUT2D eigenvalue weighted by molar-refractivity contribution is 7.80. The van der Waals surface area contributed by atoms with Gasteiger partial charge >= 0.3 is 0 Å². The average Bonchev–Trinajstić information content (AvgIpc) is 2.36. The van der Waals surface area contributed by atoms with Crippen molar-refractivity contribution >= 4 is 25.0 Å². The Morgan fingerprint density at radius 1 is 1.24 bits per heavy atom. The molecule has 0 radical (unpaired) electrons. The van der Waals surface area contributed by atoms with Crippen molar-refractivity contribution in [1.29, 1.82) is 0 Å². The third-order valence-electron chi connectivity index (χ3n) is 2.43. The summed E-state index contributed by atoms with van der Waals surface area (Å²) in [6.07, 6.45) is 2.53. The van der Waals surface area contributed by atoms with E-state index >= 15 is 0 Å². The number of carbonyl (C=O) groups excluding carboxylic acids is 1. The SMILES string of the molecule is O=C/C=C/c1ccc(C(O)C(O)CCS)cc1. The minimum Gasteiger partial charge on any atom is -0.390 e. The van der Waals surface area contributed by atoms with E-state index in [1.54, 1.807) is 30.3 Å². The zero-order valence-electron chi connectivity index (χ0n) is 9.36. The number of thiol groups is 1. The molecule has 0 aromatic heterocycles. The van der Waals surface area contributed by atoms with Gasteiger partial charge in [0.2, 0.25) is 0 Å². The van der Waals surface area contributed by atoms with Crippen LogP contribution in [-0.2, 0) is 4.79 Å². The van der Waals surface area contributed by atoms with E-state index in [2.05, 4.69) is 12.6 Å². The largest absolute Gasteiger partial charge is 0.390 e. The Morgan fingerprint density at radius 2 is 1.88 bits per heavy atom. The molecule has 0 spiro atoms. The summed E-state index contributed by atoms with van der Waals surface area (Å²) in [5.41, 5.74) is 1.53. The minimum atomic E-state index is -0.897. The van der Waals surface area contributed by atoms with Crippen LogP contribution in [0.1, 0.15) is 23.7 Å². The molecule has 2 N–H and O–H groups in total. The molecule has 2 atom stereocenters. The van der Waals surface area contributed by atoms with Gasteiger partial charge in [-0.25, -0.2) is 0 Å². The second-order valence-corrected chi connectivity index (χ2v) is 4.13. The van der Waals surface area contributed by atoms with Gasteiger partial charge in [-0.2, -0.15) is 12.6 Å². The van der Waals surface area contributed by atoms with Crippen molar-refractivity contribution in [2.75, 3.05) is 5.75 Å². The molecule has 0 saturated heterocycles. The van der Waals surface area contributed by atoms with Gasteiger partial charge in [0, 0.05) is 0 Å². The van der Waals surface area contributed by atoms with Gasteiger partial charge in [0.25, 0.3) is 0 Å². The Morgan fingerprint density at radius 3 is 2.41 bits per heavy atom. The monoisotopic (exact) mass is 252 g/mol. The van der Waals surface area contributed by atoms with Gasteiger partial charge in [-0.05, 0) is 29.4 Å². The van der Waals surface area contributed by atoms with E-state index in [4.69, 9.17) is 0 Å². The van der Waals surface area contributed by atoms with Gasteiger partial charge in [-0.15, -0.1) is 0 Å². The lowest BCUT2D eigenvalue weighted by atomic mass is 10.0. The molecule has 0 aliphatic heterocycles. The predicted molar refractivity (Wildman–Crippen MR) is 71.0 cm³/mol. The molecule has 1 rings (SSSR count). The number of hydrogen-bond donors (Lipinski definition) is 3. The summed E-state index contributed by atoms with van der Waals surface area (Å²) in [5, 5.41) is 19.5. The van der Waals surface area contributed by atoms with Crippen LogP contribution in [-0.4, -0.2) is 28.4 Å². The highest BCUT2D eigenvalue weighted by Crippen LogP contribution is 2.20. The molecule has 92 valence electrons. The Kier molecular flexibility index (Phi) is 5.97. The maximum Gasteiger partial charge on any atom is 0.142 e. The Labute approximate surface area is 106 Å². The van der Waals surface area contributed by atoms with Gasteiger partial charge in [0.05, 0.1) is 6.10 Å². The lowest BCUT2D eigenvalue weighted by Gasteiger charge is -2.17. The number of aliphatic hydroxyl groups excluding tert-OH is 2. The van der Waals surface area contributed by atoms with Crippen LogP contribution in [0.3, 0.4) is 0 Å². The first kappa shape index (κ1) is 14.0. The molecule has 0 fully saturated rings. The third kappa shape index (κ3) is 4.34. The smallest absolute Gasteiger partial charge is 0.142 e. The molecule has 3 nitrogen and oxygen atoms in total. The van der Waals surface area contributed by atoms with Gasteiger partial charge in [-0.3, -0.25) is 4.79 Å².